The molecule has 0 amide bonds. The molecule has 0 spiro atoms. The van der Waals surface area contributed by atoms with Crippen LogP contribution in [0.25, 0.3) is 0 Å². The number of rotatable bonds is 0. The first-order chi connectivity index (χ1) is 1.41. The Morgan fingerprint density at radius 1 is 1.75 bits per heavy atom. The third-order valence-corrected chi connectivity index (χ3v) is 0. The van der Waals surface area contributed by atoms with Gasteiger partial charge in [0.25, 0.3) is 0 Å². The molecule has 0 aliphatic carbocycles. The quantitative estimate of drug-likeness (QED) is 0.402. The molecule has 0 aliphatic heterocycles. The van der Waals surface area contributed by atoms with Gasteiger partial charge in [-0.05, 0) is 0 Å². The van der Waals surface area contributed by atoms with Gasteiger partial charge in [-0.25, -0.2) is 0 Å². The third kappa shape index (κ3) is 11.6. The van der Waals surface area contributed by atoms with Crippen LogP contribution in [0.2, 0.25) is 0 Å². The molecule has 24 valence electrons. The van der Waals surface area contributed by atoms with E-state index in [0.29, 0.717) is 0 Å². The standard InChI is InChI=1S/CH6OSi.Zr/c1-2-3;/h1,3H3;. The van der Waals surface area contributed by atoms with Crippen molar-refractivity contribution < 1.29 is 30.6 Å². The molecule has 0 fully saturated rings. The van der Waals surface area contributed by atoms with E-state index in [1.54, 1.807) is 7.11 Å². The van der Waals surface area contributed by atoms with Gasteiger partial charge in [0.2, 0.25) is 0 Å². The Hall–Kier alpha value is 1.06. The van der Waals surface area contributed by atoms with E-state index in [4.69, 9.17) is 0 Å². The fourth-order valence-electron chi connectivity index (χ4n) is 0. The fraction of sp³-hybridized carbons (Fsp3) is 1.00. The molecule has 0 saturated heterocycles. The van der Waals surface area contributed by atoms with Crippen LogP contribution in [0.4, 0.5) is 0 Å². The molecule has 4 heavy (non-hydrogen) atoms. The average molecular weight is 153 g/mol. The van der Waals surface area contributed by atoms with E-state index < -0.39 is 0 Å². The van der Waals surface area contributed by atoms with Crippen molar-refractivity contribution in [3.63, 3.8) is 0 Å². The summed E-state index contributed by atoms with van der Waals surface area (Å²) in [6, 6.07) is 0. The van der Waals surface area contributed by atoms with E-state index in [0.717, 1.165) is 10.5 Å². The minimum Gasteiger partial charge on any atom is -0.431 e. The second-order valence-electron chi connectivity index (χ2n) is 0.408. The first-order valence-electron chi connectivity index (χ1n) is 0.816. The fourth-order valence-corrected chi connectivity index (χ4v) is 0. The molecular formula is CH6OSiZr. The van der Waals surface area contributed by atoms with Crippen molar-refractivity contribution in [1.29, 1.82) is 0 Å². The van der Waals surface area contributed by atoms with Gasteiger partial charge in [0.05, 0.1) is 0 Å². The van der Waals surface area contributed by atoms with Crippen molar-refractivity contribution in [2.45, 2.75) is 0 Å². The predicted octanol–water partition coefficient (Wildman–Crippen LogP) is -1.09. The molecule has 0 atom stereocenters. The molecule has 0 N–H and O–H groups in total. The van der Waals surface area contributed by atoms with Crippen LogP contribution in [0.5, 0.6) is 0 Å². The largest absolute Gasteiger partial charge is 0.431 e. The molecule has 0 heterocycles. The van der Waals surface area contributed by atoms with Crippen LogP contribution in [0.15, 0.2) is 0 Å². The maximum Gasteiger partial charge on any atom is 0.145 e. The predicted molar refractivity (Wildman–Crippen MR) is 16.9 cm³/mol. The summed E-state index contributed by atoms with van der Waals surface area (Å²) >= 11 is 0. The number of hydrogen-bond donors (Lipinski definition) is 0. The molecular weight excluding hydrogens is 147 g/mol. The molecule has 0 radical (unpaired) electrons. The summed E-state index contributed by atoms with van der Waals surface area (Å²) in [5, 5.41) is 0. The van der Waals surface area contributed by atoms with Gasteiger partial charge in [-0.2, -0.15) is 0 Å². The molecule has 0 aromatic carbocycles. The molecule has 0 rings (SSSR count). The van der Waals surface area contributed by atoms with Crippen molar-refractivity contribution in [1.82, 2.24) is 0 Å². The smallest absolute Gasteiger partial charge is 0.145 e. The van der Waals surface area contributed by atoms with E-state index in [1.807, 2.05) is 0 Å². The molecule has 0 saturated carbocycles. The SMILES string of the molecule is CO[SiH3].[Zr]. The summed E-state index contributed by atoms with van der Waals surface area (Å²) in [4.78, 5) is 0. The molecule has 1 nitrogen and oxygen atoms in total. The molecule has 3 heteroatoms. The third-order valence-electron chi connectivity index (χ3n) is 0. The van der Waals surface area contributed by atoms with Crippen LogP contribution in [-0.4, -0.2) is 17.6 Å². The van der Waals surface area contributed by atoms with Crippen LogP contribution in [0.3, 0.4) is 0 Å². The van der Waals surface area contributed by atoms with E-state index in [9.17, 15) is 0 Å². The Bertz CT molecular complexity index is 8.00. The summed E-state index contributed by atoms with van der Waals surface area (Å²) in [6.07, 6.45) is 0. The molecule has 0 aromatic rings. The van der Waals surface area contributed by atoms with E-state index in [1.165, 1.54) is 0 Å². The van der Waals surface area contributed by atoms with Crippen LogP contribution in [-0.2, 0) is 30.6 Å². The monoisotopic (exact) mass is 152 g/mol. The second-order valence-corrected chi connectivity index (χ2v) is 1.22. The van der Waals surface area contributed by atoms with E-state index in [2.05, 4.69) is 4.43 Å². The molecule has 0 aliphatic rings. The zero-order valence-corrected chi connectivity index (χ0v) is 7.37. The Morgan fingerprint density at radius 2 is 1.75 bits per heavy atom. The summed E-state index contributed by atoms with van der Waals surface area (Å²) in [5.74, 6) is 0. The zero-order chi connectivity index (χ0) is 2.71. The average Bonchev–Trinajstić information content (AvgIpc) is 0.918. The van der Waals surface area contributed by atoms with Crippen LogP contribution in [0.1, 0.15) is 0 Å². The molecule has 0 unspecified atom stereocenters. The van der Waals surface area contributed by atoms with Gasteiger partial charge >= 0.3 is 0 Å². The van der Waals surface area contributed by atoms with Gasteiger partial charge in [-0.15, -0.1) is 0 Å². The van der Waals surface area contributed by atoms with Crippen molar-refractivity contribution in [3.05, 3.63) is 0 Å². The Labute approximate surface area is 48.4 Å². The molecule has 0 aromatic heterocycles. The van der Waals surface area contributed by atoms with Gasteiger partial charge in [-0.1, -0.05) is 0 Å². The van der Waals surface area contributed by atoms with Crippen molar-refractivity contribution in [2.24, 2.45) is 0 Å². The van der Waals surface area contributed by atoms with E-state index >= 15 is 0 Å². The molecule has 0 bridgehead atoms. The Balaban J connectivity index is 0. The van der Waals surface area contributed by atoms with Gasteiger partial charge in [0, 0.05) is 33.3 Å². The van der Waals surface area contributed by atoms with Gasteiger partial charge in [0.15, 0.2) is 0 Å². The van der Waals surface area contributed by atoms with E-state index in [-0.39, 0.29) is 26.2 Å². The van der Waals surface area contributed by atoms with Crippen LogP contribution in [0, 0.1) is 0 Å². The first-order valence-corrected chi connectivity index (χ1v) is 1.63. The van der Waals surface area contributed by atoms with Crippen LogP contribution >= 0.6 is 0 Å². The Kier molecular flexibility index (Phi) is 19.9. The van der Waals surface area contributed by atoms with Gasteiger partial charge in [-0.3, -0.25) is 0 Å². The normalized spacial score (nSPS) is 5.25. The first kappa shape index (κ1) is 8.91. The van der Waals surface area contributed by atoms with Crippen molar-refractivity contribution in [3.8, 4) is 0 Å². The van der Waals surface area contributed by atoms with Crippen LogP contribution < -0.4 is 0 Å². The zero-order valence-electron chi connectivity index (χ0n) is 2.91. The summed E-state index contributed by atoms with van der Waals surface area (Å²) < 4.78 is 4.39. The number of hydrogen-bond acceptors (Lipinski definition) is 1. The topological polar surface area (TPSA) is 9.23 Å². The minimum atomic E-state index is 0. The summed E-state index contributed by atoms with van der Waals surface area (Å²) in [6.45, 7) is 0. The summed E-state index contributed by atoms with van der Waals surface area (Å²) in [7, 11) is 2.56. The second kappa shape index (κ2) is 8.96. The van der Waals surface area contributed by atoms with Crippen molar-refractivity contribution in [2.75, 3.05) is 7.11 Å². The van der Waals surface area contributed by atoms with Gasteiger partial charge in [0.1, 0.15) is 10.5 Å². The summed E-state index contributed by atoms with van der Waals surface area (Å²) in [5.41, 5.74) is 0. The maximum atomic E-state index is 4.39. The minimum absolute atomic E-state index is 0. The van der Waals surface area contributed by atoms with Gasteiger partial charge < -0.3 is 4.43 Å². The maximum absolute atomic E-state index is 4.39. The van der Waals surface area contributed by atoms with Crippen molar-refractivity contribution >= 4 is 10.5 Å². The Morgan fingerprint density at radius 3 is 1.75 bits per heavy atom.